The van der Waals surface area contributed by atoms with Crippen LogP contribution in [0.5, 0.6) is 0 Å². The Kier molecular flexibility index (Phi) is 30.4. The van der Waals surface area contributed by atoms with E-state index in [2.05, 4.69) is 63.5 Å². The Morgan fingerprint density at radius 2 is 1.17 bits per heavy atom. The van der Waals surface area contributed by atoms with Gasteiger partial charge in [-0.05, 0) is 114 Å². The minimum atomic E-state index is -1.79. The molecule has 2 heterocycles. The number of aromatic nitrogens is 1. The molecule has 1 aliphatic heterocycles. The first kappa shape index (κ1) is 73.2. The smallest absolute Gasteiger partial charge is 0.252 e. The Morgan fingerprint density at radius 1 is 0.607 bits per heavy atom. The Bertz CT molecular complexity index is 2910. The molecule has 0 radical (unpaired) electrons. The van der Waals surface area contributed by atoms with Crippen LogP contribution < -0.4 is 87.2 Å². The lowest BCUT2D eigenvalue weighted by atomic mass is 10.00. The zero-order valence-corrected chi connectivity index (χ0v) is 51.0. The summed E-state index contributed by atoms with van der Waals surface area (Å²) in [5.41, 5.74) is 31.2. The van der Waals surface area contributed by atoms with Gasteiger partial charge in [0.15, 0.2) is 0 Å². The topological polar surface area (TPSA) is 504 Å². The van der Waals surface area contributed by atoms with Crippen molar-refractivity contribution < 1.29 is 63.0 Å². The maximum atomic E-state index is 14.5. The highest BCUT2D eigenvalue weighted by molar-refractivity contribution is 6.30. The molecule has 89 heavy (non-hydrogen) atoms. The van der Waals surface area contributed by atoms with Crippen LogP contribution in [0.4, 0.5) is 0 Å². The van der Waals surface area contributed by atoms with Gasteiger partial charge in [-0.1, -0.05) is 67.9 Å². The molecule has 0 spiro atoms. The summed E-state index contributed by atoms with van der Waals surface area (Å²) in [5, 5.41) is 49.8. The molecule has 1 aromatic heterocycles. The van der Waals surface area contributed by atoms with Gasteiger partial charge >= 0.3 is 0 Å². The predicted molar refractivity (Wildman–Crippen MR) is 328 cm³/mol. The highest BCUT2D eigenvalue weighted by Gasteiger charge is 2.38. The lowest BCUT2D eigenvalue weighted by molar-refractivity contribution is -0.136. The Hall–Kier alpha value is -8.23. The molecule has 0 unspecified atom stereocenters. The van der Waals surface area contributed by atoms with Gasteiger partial charge in [0.05, 0.1) is 17.9 Å². The first-order chi connectivity index (χ1) is 42.3. The molecular formula is C58H86ClN17O13. The number of nitrogens with two attached hydrogens (primary N) is 5. The molecule has 3 aromatic rings. The molecule has 30 nitrogen and oxygen atoms in total. The van der Waals surface area contributed by atoms with E-state index in [-0.39, 0.29) is 76.2 Å². The highest BCUT2D eigenvalue weighted by atomic mass is 35.5. The largest absolute Gasteiger partial charge is 0.391 e. The Morgan fingerprint density at radius 3 is 1.72 bits per heavy atom. The van der Waals surface area contributed by atoms with Gasteiger partial charge in [0.1, 0.15) is 60.4 Å². The molecule has 488 valence electrons. The van der Waals surface area contributed by atoms with Crippen LogP contribution in [0, 0.1) is 5.92 Å². The molecular weight excluding hydrogens is 1180 g/mol. The summed E-state index contributed by atoms with van der Waals surface area (Å²) in [6.45, 7) is 4.14. The van der Waals surface area contributed by atoms with E-state index in [1.807, 2.05) is 0 Å². The SMILES string of the molecule is CC(C)C[C@@H]1NC(=O)[C@@H](Cc2ccccc2)NC(=O)[C@H](CCN)NC(=O)[C@@H](NC(=O)[C@@H](CN)NC(=O)[C@@H](NC(=O)[C@H](CCN)NC(=O)c2ccnc(-c3cccc(Cl)c3)c2)[C@@H](C)O)CCNC(=O)[C@H]([C@@H](C)O)NC(=O)[C@H](CCN)NC(=O)[C@H](CCN)NC1=O. The molecule has 0 saturated carbocycles. The van der Waals surface area contributed by atoms with Crippen molar-refractivity contribution in [3.63, 3.8) is 0 Å². The number of halogens is 1. The molecule has 0 bridgehead atoms. The van der Waals surface area contributed by atoms with E-state index in [0.717, 1.165) is 6.92 Å². The van der Waals surface area contributed by atoms with Crippen molar-refractivity contribution in [3.8, 4) is 11.3 Å². The second-order valence-electron chi connectivity index (χ2n) is 21.8. The Balaban J connectivity index is 1.68. The zero-order chi connectivity index (χ0) is 65.9. The summed E-state index contributed by atoms with van der Waals surface area (Å²) in [4.78, 5) is 159. The fourth-order valence-electron chi connectivity index (χ4n) is 9.29. The number of hydrogen-bond acceptors (Lipinski definition) is 19. The monoisotopic (exact) mass is 1260 g/mol. The first-order valence-electron chi connectivity index (χ1n) is 29.3. The van der Waals surface area contributed by atoms with Crippen LogP contribution in [0.15, 0.2) is 72.9 Å². The van der Waals surface area contributed by atoms with Crippen molar-refractivity contribution in [2.75, 3.05) is 39.3 Å². The Labute approximate surface area is 520 Å². The van der Waals surface area contributed by atoms with Crippen molar-refractivity contribution in [1.82, 2.24) is 63.5 Å². The number of nitrogens with zero attached hydrogens (tertiary/aromatic N) is 1. The molecule has 2 aromatic carbocycles. The van der Waals surface area contributed by atoms with Gasteiger partial charge in [0.2, 0.25) is 59.1 Å². The van der Waals surface area contributed by atoms with E-state index in [1.54, 1.807) is 68.4 Å². The van der Waals surface area contributed by atoms with E-state index < -0.39 is 157 Å². The van der Waals surface area contributed by atoms with E-state index in [0.29, 0.717) is 21.8 Å². The van der Waals surface area contributed by atoms with Crippen LogP contribution in [0.25, 0.3) is 11.3 Å². The van der Waals surface area contributed by atoms with Crippen LogP contribution in [0.3, 0.4) is 0 Å². The number of hydrogen-bond donors (Lipinski definition) is 18. The average molecular weight is 1260 g/mol. The minimum Gasteiger partial charge on any atom is -0.391 e. The summed E-state index contributed by atoms with van der Waals surface area (Å²) in [6, 6.07) is 2.77. The third-order valence-corrected chi connectivity index (χ3v) is 14.3. The van der Waals surface area contributed by atoms with Gasteiger partial charge < -0.3 is 97.4 Å². The standard InChI is InChI=1S/C58H86ClN17O13/c1-30(2)25-43-54(85)70-37(13-19-60)49(80)69-40(16-22-63)53(84)75-46(31(3)77)57(88)66-24-18-41(51(82)68-38(14-20-61)50(81)73-44(55(86)72-43)26-33-9-6-5-7-10-33)71-56(87)45(29-64)74-58(89)47(32(4)78)76-52(83)39(15-21-62)67-48(79)35-17-23-65-42(28-35)34-11-8-12-36(59)27-34/h5-12,17,23,27-28,30-32,37-41,43-47,77-78H,13-16,18-22,24-26,29,60-64H2,1-4H3,(H,66,88)(H,67,79)(H,68,82)(H,69,80)(H,70,85)(H,71,87)(H,72,86)(H,73,81)(H,74,89)(H,75,84)(H,76,83)/t31-,32-,37+,38+,39+,40+,41+,43+,44-,45-,46+,47+/m1/s1. The van der Waals surface area contributed by atoms with E-state index >= 15 is 0 Å². The summed E-state index contributed by atoms with van der Waals surface area (Å²) < 4.78 is 0. The van der Waals surface area contributed by atoms with Gasteiger partial charge in [-0.2, -0.15) is 0 Å². The fourth-order valence-corrected chi connectivity index (χ4v) is 9.48. The number of amides is 11. The molecule has 1 aliphatic rings. The lowest BCUT2D eigenvalue weighted by Crippen LogP contribution is -2.63. The number of carbonyl (C=O) groups excluding carboxylic acids is 11. The molecule has 12 atom stereocenters. The van der Waals surface area contributed by atoms with Gasteiger partial charge in [-0.3, -0.25) is 57.7 Å². The second kappa shape index (κ2) is 36.9. The van der Waals surface area contributed by atoms with Crippen LogP contribution in [-0.4, -0.2) is 192 Å². The van der Waals surface area contributed by atoms with Gasteiger partial charge in [-0.25, -0.2) is 0 Å². The number of aliphatic hydroxyl groups excluding tert-OH is 2. The summed E-state index contributed by atoms with van der Waals surface area (Å²) >= 11 is 6.16. The second-order valence-corrected chi connectivity index (χ2v) is 22.2. The number of benzene rings is 2. The number of nitrogens with one attached hydrogen (secondary N) is 11. The third-order valence-electron chi connectivity index (χ3n) is 14.1. The highest BCUT2D eigenvalue weighted by Crippen LogP contribution is 2.22. The molecule has 1 fully saturated rings. The van der Waals surface area contributed by atoms with E-state index in [4.69, 9.17) is 40.3 Å². The van der Waals surface area contributed by atoms with Gasteiger partial charge in [-0.15, -0.1) is 0 Å². The van der Waals surface area contributed by atoms with Crippen LogP contribution >= 0.6 is 11.6 Å². The lowest BCUT2D eigenvalue weighted by Gasteiger charge is -2.28. The fraction of sp³-hybridized carbons (Fsp3) is 0.517. The maximum Gasteiger partial charge on any atom is 0.252 e. The normalized spacial score (nSPS) is 21.9. The number of rotatable bonds is 24. The van der Waals surface area contributed by atoms with Gasteiger partial charge in [0, 0.05) is 41.9 Å². The van der Waals surface area contributed by atoms with Gasteiger partial charge in [0.25, 0.3) is 5.91 Å². The summed E-state index contributed by atoms with van der Waals surface area (Å²) in [7, 11) is 0. The minimum absolute atomic E-state index is 0.0336. The number of pyridine rings is 1. The molecule has 4 rings (SSSR count). The van der Waals surface area contributed by atoms with Crippen molar-refractivity contribution >= 4 is 76.6 Å². The predicted octanol–water partition coefficient (Wildman–Crippen LogP) is -5.21. The van der Waals surface area contributed by atoms with Crippen LogP contribution in [0.1, 0.15) is 82.1 Å². The average Bonchev–Trinajstić information content (AvgIpc) is 3.36. The van der Waals surface area contributed by atoms with Crippen molar-refractivity contribution in [2.45, 2.75) is 145 Å². The summed E-state index contributed by atoms with van der Waals surface area (Å²) in [6.07, 6.45) is -3.15. The van der Waals surface area contributed by atoms with Crippen LogP contribution in [0.2, 0.25) is 5.02 Å². The number of aliphatic hydroxyl groups is 2. The number of carbonyl (C=O) groups is 11. The molecule has 0 aliphatic carbocycles. The first-order valence-corrected chi connectivity index (χ1v) is 29.7. The molecule has 31 heteroatoms. The van der Waals surface area contributed by atoms with Crippen molar-refractivity contribution in [1.29, 1.82) is 0 Å². The van der Waals surface area contributed by atoms with E-state index in [1.165, 1.54) is 25.3 Å². The van der Waals surface area contributed by atoms with Crippen molar-refractivity contribution in [3.05, 3.63) is 89.1 Å². The molecule has 1 saturated heterocycles. The van der Waals surface area contributed by atoms with Crippen LogP contribution in [-0.2, 0) is 54.4 Å². The maximum absolute atomic E-state index is 14.5. The molecule has 23 N–H and O–H groups in total. The quantitative estimate of drug-likeness (QED) is 0.0399. The van der Waals surface area contributed by atoms with E-state index in [9.17, 15) is 63.0 Å². The van der Waals surface area contributed by atoms with Crippen molar-refractivity contribution in [2.24, 2.45) is 34.6 Å². The third kappa shape index (κ3) is 23.3. The summed E-state index contributed by atoms with van der Waals surface area (Å²) in [5.74, 6) is -10.7. The zero-order valence-electron chi connectivity index (χ0n) is 50.2. The molecule has 11 amide bonds.